The SMILES string of the molecule is Cl.Cl.[CH2]=[Hf]([C]1=CC=CC1)([c]1ccc(C)cc1)([c]1ccc(C)cc1)[C]1(C)C2=C3Cc4ccccc4C3=C3C=CCCC3C2(C)C(C)(C)C(C)(C)C1(C)C. The Morgan fingerprint density at radius 2 is 1.27 bits per heavy atom. The quantitative estimate of drug-likeness (QED) is 0.229. The number of halogens is 2. The van der Waals surface area contributed by atoms with Gasteiger partial charge < -0.3 is 0 Å². The first-order valence-electron chi connectivity index (χ1n) is 19.3. The van der Waals surface area contributed by atoms with Crippen molar-refractivity contribution in [2.45, 2.75) is 98.1 Å². The van der Waals surface area contributed by atoms with Crippen LogP contribution in [0.15, 0.2) is 123 Å². The van der Waals surface area contributed by atoms with Crippen LogP contribution in [-0.4, -0.2) is 4.26 Å². The number of hydrogen-bond acceptors (Lipinski definition) is 0. The Kier molecular flexibility index (Phi) is 9.35. The van der Waals surface area contributed by atoms with Crippen molar-refractivity contribution in [2.24, 2.45) is 27.6 Å². The van der Waals surface area contributed by atoms with Crippen molar-refractivity contribution in [3.05, 3.63) is 145 Å². The summed E-state index contributed by atoms with van der Waals surface area (Å²) in [5.74, 6) is 0.443. The molecule has 0 saturated heterocycles. The number of benzene rings is 3. The summed E-state index contributed by atoms with van der Waals surface area (Å²) in [7, 11) is 0. The molecule has 3 heteroatoms. The van der Waals surface area contributed by atoms with Gasteiger partial charge in [-0.05, 0) is 0 Å². The molecule has 0 spiro atoms. The van der Waals surface area contributed by atoms with Gasteiger partial charge in [0.2, 0.25) is 0 Å². The average Bonchev–Trinajstić information content (AvgIpc) is 3.77. The van der Waals surface area contributed by atoms with E-state index in [0.717, 1.165) is 19.3 Å². The van der Waals surface area contributed by atoms with Gasteiger partial charge in [0.15, 0.2) is 0 Å². The first-order chi connectivity index (χ1) is 23.5. The standard InChI is InChI=1S/C29H37.2C7H7.C5H5.CH2.2ClH.Hf/c1-18-25-22-17-19-13-9-10-14-20(19)24(22)21-15-11-12-16-23(21)29(25,8)28(6,7)27(4,5)26(18,2)3;2*1-7-5-3-2-4-6-7;1-2-4-5-3-1;;;;/h9-11,13-15,23H,12,16-17H2,1-8H3;2*3-6H,1H3;1-3H,4H2;1H2;2*1H;. The van der Waals surface area contributed by atoms with Gasteiger partial charge in [-0.15, -0.1) is 24.8 Å². The second-order valence-electron chi connectivity index (χ2n) is 18.8. The molecule has 0 aromatic heterocycles. The molecule has 0 bridgehead atoms. The fraction of sp³-hybridized carbons (Fsp3) is 0.408. The van der Waals surface area contributed by atoms with Crippen molar-refractivity contribution in [2.75, 3.05) is 0 Å². The monoisotopic (exact) mass is 898 g/mol. The van der Waals surface area contributed by atoms with Crippen molar-refractivity contribution >= 4 is 41.3 Å². The number of fused-ring (bicyclic) bond motifs is 6. The zero-order chi connectivity index (χ0) is 35.7. The third-order valence-electron chi connectivity index (χ3n) is 17.2. The predicted octanol–water partition coefficient (Wildman–Crippen LogP) is 12.6. The van der Waals surface area contributed by atoms with Crippen LogP contribution in [0.2, 0.25) is 3.17 Å². The van der Waals surface area contributed by atoms with Crippen LogP contribution in [0.5, 0.6) is 0 Å². The average molecular weight is 898 g/mol. The summed E-state index contributed by atoms with van der Waals surface area (Å²) in [5.41, 5.74) is 11.9. The van der Waals surface area contributed by atoms with Crippen LogP contribution in [0.1, 0.15) is 96.9 Å². The molecule has 274 valence electrons. The van der Waals surface area contributed by atoms with Gasteiger partial charge in [0, 0.05) is 0 Å². The van der Waals surface area contributed by atoms with E-state index in [9.17, 15) is 0 Å². The fourth-order valence-electron chi connectivity index (χ4n) is 13.0. The van der Waals surface area contributed by atoms with Crippen LogP contribution in [0.25, 0.3) is 5.57 Å². The summed E-state index contributed by atoms with van der Waals surface area (Å²) in [6.45, 7) is 26.0. The number of hydrogen-bond donors (Lipinski definition) is 0. The van der Waals surface area contributed by atoms with E-state index in [1.165, 1.54) is 35.3 Å². The fourth-order valence-corrected chi connectivity index (χ4v) is 43.1. The van der Waals surface area contributed by atoms with Gasteiger partial charge in [0.1, 0.15) is 0 Å². The minimum absolute atomic E-state index is 0. The molecular weight excluding hydrogens is 838 g/mol. The van der Waals surface area contributed by atoms with Crippen molar-refractivity contribution in [1.82, 2.24) is 0 Å². The molecule has 0 amide bonds. The maximum absolute atomic E-state index is 6.12. The summed E-state index contributed by atoms with van der Waals surface area (Å²) in [4.78, 5) is 0. The topological polar surface area (TPSA) is 0 Å². The Bertz CT molecular complexity index is 2130. The van der Waals surface area contributed by atoms with Crippen LogP contribution in [0.4, 0.5) is 0 Å². The normalized spacial score (nSPS) is 27.8. The zero-order valence-electron chi connectivity index (χ0n) is 33.2. The molecule has 3 aromatic carbocycles. The third-order valence-corrected chi connectivity index (χ3v) is 46.2. The van der Waals surface area contributed by atoms with Gasteiger partial charge in [-0.3, -0.25) is 0 Å². The number of rotatable bonds is 4. The molecule has 3 unspecified atom stereocenters. The summed E-state index contributed by atoms with van der Waals surface area (Å²) < 4.78 is 10.5. The minimum atomic E-state index is -5.31. The van der Waals surface area contributed by atoms with Crippen molar-refractivity contribution in [3.8, 4) is 0 Å². The van der Waals surface area contributed by atoms with Crippen LogP contribution in [0.3, 0.4) is 0 Å². The Balaban J connectivity index is 0.00000232. The van der Waals surface area contributed by atoms with E-state index in [1.54, 1.807) is 25.6 Å². The van der Waals surface area contributed by atoms with Gasteiger partial charge in [-0.2, -0.15) is 0 Å². The van der Waals surface area contributed by atoms with Gasteiger partial charge in [-0.1, -0.05) is 0 Å². The molecule has 0 radical (unpaired) electrons. The van der Waals surface area contributed by atoms with E-state index in [4.69, 9.17) is 4.26 Å². The molecule has 0 heterocycles. The van der Waals surface area contributed by atoms with Crippen LogP contribution in [0, 0.1) is 41.4 Å². The van der Waals surface area contributed by atoms with Gasteiger partial charge in [0.05, 0.1) is 0 Å². The van der Waals surface area contributed by atoms with Crippen LogP contribution >= 0.6 is 24.8 Å². The Hall–Kier alpha value is -2.32. The van der Waals surface area contributed by atoms with E-state index < -0.39 is 18.0 Å². The number of aryl methyl sites for hydroxylation is 2. The van der Waals surface area contributed by atoms with Gasteiger partial charge >= 0.3 is 306 Å². The number of allylic oxidation sites excluding steroid dienone is 10. The second kappa shape index (κ2) is 12.3. The molecule has 5 aliphatic rings. The summed E-state index contributed by atoms with van der Waals surface area (Å²) >= 11 is -5.31. The van der Waals surface area contributed by atoms with E-state index in [2.05, 4.69) is 172 Å². The van der Waals surface area contributed by atoms with Crippen LogP contribution < -0.4 is 6.64 Å². The Morgan fingerprint density at radius 1 is 0.692 bits per heavy atom. The second-order valence-corrected chi connectivity index (χ2v) is 39.3. The van der Waals surface area contributed by atoms with Crippen molar-refractivity contribution < 1.29 is 18.0 Å². The summed E-state index contributed by atoms with van der Waals surface area (Å²) in [5, 5.41) is 0. The van der Waals surface area contributed by atoms with E-state index in [0.29, 0.717) is 5.92 Å². The Labute approximate surface area is 328 Å². The van der Waals surface area contributed by atoms with Crippen molar-refractivity contribution in [3.63, 3.8) is 0 Å². The maximum atomic E-state index is 6.12. The van der Waals surface area contributed by atoms with Crippen LogP contribution in [-0.2, 0) is 24.4 Å². The van der Waals surface area contributed by atoms with Gasteiger partial charge in [-0.25, -0.2) is 0 Å². The third kappa shape index (κ3) is 4.23. The molecule has 5 aliphatic carbocycles. The molecule has 1 fully saturated rings. The van der Waals surface area contributed by atoms with E-state index in [1.807, 2.05) is 0 Å². The van der Waals surface area contributed by atoms with Crippen molar-refractivity contribution in [1.29, 1.82) is 0 Å². The molecule has 0 N–H and O–H groups in total. The molecule has 3 aromatic rings. The zero-order valence-corrected chi connectivity index (χ0v) is 38.5. The first-order valence-corrected chi connectivity index (χ1v) is 29.0. The summed E-state index contributed by atoms with van der Waals surface area (Å²) in [6.07, 6.45) is 16.7. The first kappa shape index (κ1) is 39.4. The molecule has 0 nitrogen and oxygen atoms in total. The van der Waals surface area contributed by atoms with E-state index >= 15 is 0 Å². The van der Waals surface area contributed by atoms with E-state index in [-0.39, 0.29) is 49.6 Å². The Morgan fingerprint density at radius 3 is 1.83 bits per heavy atom. The molecule has 8 rings (SSSR count). The molecule has 52 heavy (non-hydrogen) atoms. The molecule has 3 atom stereocenters. The molecule has 0 aliphatic heterocycles. The molecule has 1 saturated carbocycles. The van der Waals surface area contributed by atoms with Gasteiger partial charge in [0.25, 0.3) is 0 Å². The summed E-state index contributed by atoms with van der Waals surface area (Å²) in [6, 6.07) is 29.1. The molecular formula is C49H60Cl2Hf. The predicted molar refractivity (Wildman–Crippen MR) is 229 cm³/mol.